The van der Waals surface area contributed by atoms with E-state index in [0.29, 0.717) is 28.3 Å². The van der Waals surface area contributed by atoms with E-state index in [2.05, 4.69) is 23.8 Å². The van der Waals surface area contributed by atoms with Crippen molar-refractivity contribution in [2.24, 2.45) is 0 Å². The van der Waals surface area contributed by atoms with Gasteiger partial charge in [0.25, 0.3) is 0 Å². The summed E-state index contributed by atoms with van der Waals surface area (Å²) in [6, 6.07) is 23.0. The Labute approximate surface area is 251 Å². The van der Waals surface area contributed by atoms with Crippen molar-refractivity contribution in [2.75, 3.05) is 18.8 Å². The largest absolute Gasteiger partial charge is 0.457 e. The van der Waals surface area contributed by atoms with E-state index >= 15 is 4.39 Å². The van der Waals surface area contributed by atoms with Gasteiger partial charge in [0.15, 0.2) is 5.78 Å². The van der Waals surface area contributed by atoms with E-state index in [0.717, 1.165) is 59.4 Å². The summed E-state index contributed by atoms with van der Waals surface area (Å²) in [7, 11) is 0. The Bertz CT molecular complexity index is 1820. The number of anilines is 1. The SMILES string of the molecule is Cc1cccc(Oc2ccc(-n3ncc(C(=O)c4ccc5cc(C6CCN(C(C)C)CC6)c(F)cc5c4)c3N)c(C)c2)c1. The van der Waals surface area contributed by atoms with Gasteiger partial charge in [-0.15, -0.1) is 0 Å². The zero-order chi connectivity index (χ0) is 30.2. The molecular formula is C36H37FN4O2. The predicted octanol–water partition coefficient (Wildman–Crippen LogP) is 7.97. The highest BCUT2D eigenvalue weighted by molar-refractivity contribution is 6.13. The molecule has 2 N–H and O–H groups in total. The zero-order valence-electron chi connectivity index (χ0n) is 25.1. The lowest BCUT2D eigenvalue weighted by Gasteiger charge is -2.35. The quantitative estimate of drug-likeness (QED) is 0.199. The molecule has 1 saturated heterocycles. The van der Waals surface area contributed by atoms with Crippen LogP contribution in [-0.4, -0.2) is 39.6 Å². The summed E-state index contributed by atoms with van der Waals surface area (Å²) in [6.45, 7) is 10.3. The van der Waals surface area contributed by atoms with Gasteiger partial charge in [-0.2, -0.15) is 5.10 Å². The Balaban J connectivity index is 1.22. The maximum atomic E-state index is 15.3. The number of benzene rings is 4. The Hall–Kier alpha value is -4.49. The lowest BCUT2D eigenvalue weighted by molar-refractivity contribution is 0.103. The van der Waals surface area contributed by atoms with Crippen LogP contribution in [0, 0.1) is 19.7 Å². The topological polar surface area (TPSA) is 73.4 Å². The molecule has 0 spiro atoms. The highest BCUT2D eigenvalue weighted by atomic mass is 19.1. The fourth-order valence-corrected chi connectivity index (χ4v) is 6.09. The van der Waals surface area contributed by atoms with Crippen molar-refractivity contribution in [1.29, 1.82) is 0 Å². The van der Waals surface area contributed by atoms with Crippen LogP contribution in [0.15, 0.2) is 79.0 Å². The number of likely N-dealkylation sites (tertiary alicyclic amines) is 1. The van der Waals surface area contributed by atoms with Crippen LogP contribution in [-0.2, 0) is 0 Å². The first kappa shape index (κ1) is 28.6. The highest BCUT2D eigenvalue weighted by Gasteiger charge is 2.25. The van der Waals surface area contributed by atoms with Crippen LogP contribution in [0.3, 0.4) is 0 Å². The van der Waals surface area contributed by atoms with Crippen molar-refractivity contribution in [3.63, 3.8) is 0 Å². The number of piperidine rings is 1. The summed E-state index contributed by atoms with van der Waals surface area (Å²) in [5.41, 5.74) is 10.7. The van der Waals surface area contributed by atoms with Crippen molar-refractivity contribution in [2.45, 2.75) is 52.5 Å². The molecule has 5 aromatic rings. The Morgan fingerprint density at radius 3 is 2.44 bits per heavy atom. The minimum atomic E-state index is -0.256. The third kappa shape index (κ3) is 5.77. The van der Waals surface area contributed by atoms with E-state index in [4.69, 9.17) is 10.5 Å². The summed E-state index contributed by atoms with van der Waals surface area (Å²) in [6.07, 6.45) is 3.39. The van der Waals surface area contributed by atoms with E-state index < -0.39 is 0 Å². The van der Waals surface area contributed by atoms with Gasteiger partial charge < -0.3 is 15.4 Å². The number of aromatic nitrogens is 2. The lowest BCUT2D eigenvalue weighted by atomic mass is 9.87. The Morgan fingerprint density at radius 2 is 1.72 bits per heavy atom. The summed E-state index contributed by atoms with van der Waals surface area (Å²) in [5, 5.41) is 6.06. The molecular weight excluding hydrogens is 539 g/mol. The number of hydrogen-bond donors (Lipinski definition) is 1. The van der Waals surface area contributed by atoms with E-state index in [1.54, 1.807) is 22.9 Å². The maximum absolute atomic E-state index is 15.3. The van der Waals surface area contributed by atoms with Crippen LogP contribution in [0.2, 0.25) is 0 Å². The van der Waals surface area contributed by atoms with E-state index in [-0.39, 0.29) is 23.3 Å². The fraction of sp³-hybridized carbons (Fsp3) is 0.278. The smallest absolute Gasteiger partial charge is 0.198 e. The molecule has 1 aromatic heterocycles. The number of hydrogen-bond acceptors (Lipinski definition) is 5. The molecule has 0 radical (unpaired) electrons. The number of carbonyl (C=O) groups is 1. The molecule has 1 aliphatic rings. The number of nitrogens with zero attached hydrogens (tertiary/aromatic N) is 3. The number of ketones is 1. The van der Waals surface area contributed by atoms with Crippen LogP contribution in [0.4, 0.5) is 10.2 Å². The van der Waals surface area contributed by atoms with Crippen molar-refractivity contribution < 1.29 is 13.9 Å². The van der Waals surface area contributed by atoms with Crippen LogP contribution in [0.5, 0.6) is 11.5 Å². The number of carbonyl (C=O) groups excluding carboxylic acids is 1. The molecule has 1 aliphatic heterocycles. The molecule has 2 heterocycles. The second-order valence-electron chi connectivity index (χ2n) is 11.9. The van der Waals surface area contributed by atoms with Crippen LogP contribution in [0.25, 0.3) is 16.5 Å². The van der Waals surface area contributed by atoms with Gasteiger partial charge >= 0.3 is 0 Å². The third-order valence-corrected chi connectivity index (χ3v) is 8.59. The molecule has 7 heteroatoms. The number of halogens is 1. The second-order valence-corrected chi connectivity index (χ2v) is 11.9. The summed E-state index contributed by atoms with van der Waals surface area (Å²) in [4.78, 5) is 16.0. The van der Waals surface area contributed by atoms with E-state index in [9.17, 15) is 4.79 Å². The molecule has 0 amide bonds. The molecule has 6 rings (SSSR count). The number of ether oxygens (including phenoxy) is 1. The van der Waals surface area contributed by atoms with Crippen LogP contribution >= 0.6 is 0 Å². The van der Waals surface area contributed by atoms with Crippen LogP contribution in [0.1, 0.15) is 65.2 Å². The van der Waals surface area contributed by atoms with Crippen LogP contribution < -0.4 is 10.5 Å². The number of rotatable bonds is 7. The van der Waals surface area contributed by atoms with Crippen molar-refractivity contribution in [1.82, 2.24) is 14.7 Å². The van der Waals surface area contributed by atoms with E-state index in [1.807, 2.05) is 68.4 Å². The molecule has 0 atom stereocenters. The van der Waals surface area contributed by atoms with Crippen molar-refractivity contribution in [3.05, 3.63) is 113 Å². The average molecular weight is 577 g/mol. The molecule has 6 nitrogen and oxygen atoms in total. The van der Waals surface area contributed by atoms with Gasteiger partial charge in [0.2, 0.25) is 0 Å². The van der Waals surface area contributed by atoms with Gasteiger partial charge in [-0.25, -0.2) is 9.07 Å². The minimum absolute atomic E-state index is 0.206. The monoisotopic (exact) mass is 576 g/mol. The fourth-order valence-electron chi connectivity index (χ4n) is 6.09. The number of aryl methyl sites for hydroxylation is 2. The standard InChI is InChI=1S/C36H37FN4O2/c1-22(2)40-14-12-25(13-15-40)31-19-26-8-9-27(18-28(26)20-33(31)37)35(42)32-21-39-41(36(32)38)34-11-10-30(17-24(34)4)43-29-7-5-6-23(3)16-29/h5-11,16-22,25H,12-15,38H2,1-4H3. The molecule has 0 aliphatic carbocycles. The molecule has 4 aromatic carbocycles. The zero-order valence-corrected chi connectivity index (χ0v) is 25.1. The molecule has 1 fully saturated rings. The maximum Gasteiger partial charge on any atom is 0.198 e. The first-order valence-corrected chi connectivity index (χ1v) is 14.9. The number of fused-ring (bicyclic) bond motifs is 1. The summed E-state index contributed by atoms with van der Waals surface area (Å²) < 4.78 is 22.9. The van der Waals surface area contributed by atoms with E-state index in [1.165, 1.54) is 6.20 Å². The number of nitrogen functional groups attached to an aromatic ring is 1. The first-order valence-electron chi connectivity index (χ1n) is 14.9. The van der Waals surface area contributed by atoms with Gasteiger partial charge in [-0.1, -0.05) is 24.3 Å². The van der Waals surface area contributed by atoms with Crippen molar-refractivity contribution in [3.8, 4) is 17.2 Å². The molecule has 0 unspecified atom stereocenters. The minimum Gasteiger partial charge on any atom is -0.457 e. The molecule has 0 saturated carbocycles. The van der Waals surface area contributed by atoms with Crippen molar-refractivity contribution >= 4 is 22.4 Å². The highest BCUT2D eigenvalue weighted by Crippen LogP contribution is 2.34. The molecule has 43 heavy (non-hydrogen) atoms. The number of nitrogens with two attached hydrogens (primary N) is 1. The normalized spacial score (nSPS) is 14.5. The molecule has 0 bridgehead atoms. The summed E-state index contributed by atoms with van der Waals surface area (Å²) >= 11 is 0. The molecule has 220 valence electrons. The third-order valence-electron chi connectivity index (χ3n) is 8.59. The first-order chi connectivity index (χ1) is 20.7. The predicted molar refractivity (Wildman–Crippen MR) is 170 cm³/mol. The average Bonchev–Trinajstić information content (AvgIpc) is 3.37. The van der Waals surface area contributed by atoms with Gasteiger partial charge in [0, 0.05) is 11.6 Å². The van der Waals surface area contributed by atoms with Gasteiger partial charge in [0.1, 0.15) is 23.1 Å². The van der Waals surface area contributed by atoms with Gasteiger partial charge in [0.05, 0.1) is 17.4 Å². The lowest BCUT2D eigenvalue weighted by Crippen LogP contribution is -2.38. The Kier molecular flexibility index (Phi) is 7.75. The van der Waals surface area contributed by atoms with Gasteiger partial charge in [-0.05, 0) is 136 Å². The Morgan fingerprint density at radius 1 is 0.953 bits per heavy atom. The summed E-state index contributed by atoms with van der Waals surface area (Å²) in [5.74, 6) is 1.44. The van der Waals surface area contributed by atoms with Gasteiger partial charge in [-0.3, -0.25) is 4.79 Å². The second kappa shape index (κ2) is 11.7.